The zero-order valence-corrected chi connectivity index (χ0v) is 15.9. The molecule has 2 rings (SSSR count). The Hall–Kier alpha value is -2.29. The third-order valence-corrected chi connectivity index (χ3v) is 4.37. The Morgan fingerprint density at radius 3 is 2.36 bits per heavy atom. The molecule has 0 aliphatic rings. The minimum atomic E-state index is -0.489. The standard InChI is InChI=1S/C22H29NO2/c1-6-20(25-19-13-12-16(2)17(3)14-19)21(24)23-22(4,5)15-18-10-8-7-9-11-18/h7-14,20H,6,15H2,1-5H3,(H,23,24). The van der Waals surface area contributed by atoms with Crippen LogP contribution in [0.2, 0.25) is 0 Å². The number of rotatable bonds is 7. The van der Waals surface area contributed by atoms with Crippen molar-refractivity contribution in [3.8, 4) is 5.75 Å². The fourth-order valence-corrected chi connectivity index (χ4v) is 2.84. The summed E-state index contributed by atoms with van der Waals surface area (Å²) in [4.78, 5) is 12.7. The van der Waals surface area contributed by atoms with E-state index in [0.29, 0.717) is 6.42 Å². The van der Waals surface area contributed by atoms with E-state index < -0.39 is 6.10 Å². The highest BCUT2D eigenvalue weighted by Crippen LogP contribution is 2.19. The van der Waals surface area contributed by atoms with Gasteiger partial charge in [-0.1, -0.05) is 43.3 Å². The topological polar surface area (TPSA) is 38.3 Å². The van der Waals surface area contributed by atoms with Gasteiger partial charge in [0.25, 0.3) is 5.91 Å². The van der Waals surface area contributed by atoms with E-state index in [4.69, 9.17) is 4.74 Å². The van der Waals surface area contributed by atoms with Crippen LogP contribution in [0.3, 0.4) is 0 Å². The van der Waals surface area contributed by atoms with E-state index in [0.717, 1.165) is 17.7 Å². The molecule has 0 fully saturated rings. The van der Waals surface area contributed by atoms with Gasteiger partial charge in [0.05, 0.1) is 0 Å². The van der Waals surface area contributed by atoms with Crippen LogP contribution in [0.1, 0.15) is 43.9 Å². The van der Waals surface area contributed by atoms with E-state index >= 15 is 0 Å². The largest absolute Gasteiger partial charge is 0.481 e. The Bertz CT molecular complexity index is 707. The number of carbonyl (C=O) groups excluding carboxylic acids is 1. The van der Waals surface area contributed by atoms with Crippen LogP contribution >= 0.6 is 0 Å². The molecule has 1 amide bonds. The van der Waals surface area contributed by atoms with Crippen LogP contribution < -0.4 is 10.1 Å². The molecule has 0 aliphatic heterocycles. The second-order valence-electron chi connectivity index (χ2n) is 7.30. The van der Waals surface area contributed by atoms with Gasteiger partial charge in [0.2, 0.25) is 0 Å². The van der Waals surface area contributed by atoms with Gasteiger partial charge in [-0.25, -0.2) is 0 Å². The van der Waals surface area contributed by atoms with Gasteiger partial charge in [0.1, 0.15) is 5.75 Å². The number of amides is 1. The van der Waals surface area contributed by atoms with Crippen molar-refractivity contribution in [1.82, 2.24) is 5.32 Å². The lowest BCUT2D eigenvalue weighted by atomic mass is 9.94. The van der Waals surface area contributed by atoms with Crippen LogP contribution in [-0.4, -0.2) is 17.6 Å². The number of hydrogen-bond acceptors (Lipinski definition) is 2. The lowest BCUT2D eigenvalue weighted by molar-refractivity contribution is -0.129. The molecule has 0 radical (unpaired) electrons. The summed E-state index contributed by atoms with van der Waals surface area (Å²) >= 11 is 0. The Balaban J connectivity index is 2.02. The van der Waals surface area contributed by atoms with Crippen molar-refractivity contribution in [3.63, 3.8) is 0 Å². The molecule has 0 saturated heterocycles. The van der Waals surface area contributed by atoms with Crippen molar-refractivity contribution < 1.29 is 9.53 Å². The number of nitrogens with one attached hydrogen (secondary N) is 1. The van der Waals surface area contributed by atoms with Crippen molar-refractivity contribution in [2.75, 3.05) is 0 Å². The summed E-state index contributed by atoms with van der Waals surface area (Å²) in [5, 5.41) is 3.14. The summed E-state index contributed by atoms with van der Waals surface area (Å²) in [6.45, 7) is 10.2. The maximum Gasteiger partial charge on any atom is 0.261 e. The Kier molecular flexibility index (Phi) is 6.24. The van der Waals surface area contributed by atoms with Crippen molar-refractivity contribution in [1.29, 1.82) is 0 Å². The van der Waals surface area contributed by atoms with Gasteiger partial charge in [-0.05, 0) is 69.4 Å². The van der Waals surface area contributed by atoms with Gasteiger partial charge in [-0.2, -0.15) is 0 Å². The quantitative estimate of drug-likeness (QED) is 0.801. The Morgan fingerprint density at radius 2 is 1.76 bits per heavy atom. The molecule has 3 nitrogen and oxygen atoms in total. The number of hydrogen-bond donors (Lipinski definition) is 1. The van der Waals surface area contributed by atoms with Crippen LogP contribution in [0, 0.1) is 13.8 Å². The normalized spacial score (nSPS) is 12.5. The van der Waals surface area contributed by atoms with Gasteiger partial charge in [-0.3, -0.25) is 4.79 Å². The molecule has 1 atom stereocenters. The lowest BCUT2D eigenvalue weighted by Crippen LogP contribution is -2.50. The molecule has 2 aromatic rings. The van der Waals surface area contributed by atoms with E-state index in [9.17, 15) is 4.79 Å². The maximum absolute atomic E-state index is 12.7. The van der Waals surface area contributed by atoms with E-state index in [2.05, 4.69) is 24.4 Å². The molecule has 0 heterocycles. The first kappa shape index (κ1) is 19.0. The van der Waals surface area contributed by atoms with Gasteiger partial charge in [0.15, 0.2) is 6.10 Å². The summed E-state index contributed by atoms with van der Waals surface area (Å²) < 4.78 is 5.95. The molecule has 0 aromatic heterocycles. The molecule has 3 heteroatoms. The summed E-state index contributed by atoms with van der Waals surface area (Å²) in [6, 6.07) is 16.1. The number of carbonyl (C=O) groups is 1. The molecule has 2 aromatic carbocycles. The van der Waals surface area contributed by atoms with Crippen molar-refractivity contribution >= 4 is 5.91 Å². The van der Waals surface area contributed by atoms with Crippen LogP contribution in [0.4, 0.5) is 0 Å². The van der Waals surface area contributed by atoms with Crippen LogP contribution in [-0.2, 0) is 11.2 Å². The molecule has 0 bridgehead atoms. The van der Waals surface area contributed by atoms with E-state index in [1.165, 1.54) is 11.1 Å². The summed E-state index contributed by atoms with van der Waals surface area (Å²) in [5.74, 6) is 0.674. The molecule has 0 aliphatic carbocycles. The van der Waals surface area contributed by atoms with Crippen LogP contribution in [0.15, 0.2) is 48.5 Å². The molecule has 25 heavy (non-hydrogen) atoms. The summed E-state index contributed by atoms with van der Waals surface area (Å²) in [5.41, 5.74) is 3.25. The van der Waals surface area contributed by atoms with Gasteiger partial charge in [-0.15, -0.1) is 0 Å². The van der Waals surface area contributed by atoms with E-state index in [1.807, 2.05) is 64.1 Å². The molecule has 0 spiro atoms. The monoisotopic (exact) mass is 339 g/mol. The molecule has 1 N–H and O–H groups in total. The van der Waals surface area contributed by atoms with Gasteiger partial charge >= 0.3 is 0 Å². The minimum Gasteiger partial charge on any atom is -0.481 e. The third kappa shape index (κ3) is 5.63. The van der Waals surface area contributed by atoms with Crippen LogP contribution in [0.25, 0.3) is 0 Å². The summed E-state index contributed by atoms with van der Waals surface area (Å²) in [6.07, 6.45) is 0.914. The predicted molar refractivity (Wildman–Crippen MR) is 103 cm³/mol. The highest BCUT2D eigenvalue weighted by molar-refractivity contribution is 5.81. The molecule has 134 valence electrons. The Morgan fingerprint density at radius 1 is 1.08 bits per heavy atom. The molecular weight excluding hydrogens is 310 g/mol. The molecular formula is C22H29NO2. The van der Waals surface area contributed by atoms with E-state index in [-0.39, 0.29) is 11.4 Å². The minimum absolute atomic E-state index is 0.0679. The SMILES string of the molecule is CCC(Oc1ccc(C)c(C)c1)C(=O)NC(C)(C)Cc1ccccc1. The second kappa shape index (κ2) is 8.19. The number of ether oxygens (including phenoxy) is 1. The fourth-order valence-electron chi connectivity index (χ4n) is 2.84. The van der Waals surface area contributed by atoms with Crippen LogP contribution in [0.5, 0.6) is 5.75 Å². The first-order valence-electron chi connectivity index (χ1n) is 8.90. The number of benzene rings is 2. The number of aryl methyl sites for hydroxylation is 2. The first-order chi connectivity index (χ1) is 11.8. The molecule has 0 saturated carbocycles. The average Bonchev–Trinajstić information content (AvgIpc) is 2.55. The van der Waals surface area contributed by atoms with Crippen molar-refractivity contribution in [3.05, 3.63) is 65.2 Å². The highest BCUT2D eigenvalue weighted by Gasteiger charge is 2.26. The van der Waals surface area contributed by atoms with Crippen molar-refractivity contribution in [2.45, 2.75) is 59.1 Å². The zero-order valence-electron chi connectivity index (χ0n) is 15.9. The molecule has 1 unspecified atom stereocenters. The fraction of sp³-hybridized carbons (Fsp3) is 0.409. The van der Waals surface area contributed by atoms with Gasteiger partial charge in [0, 0.05) is 5.54 Å². The van der Waals surface area contributed by atoms with Gasteiger partial charge < -0.3 is 10.1 Å². The predicted octanol–water partition coefficient (Wildman–Crippen LogP) is 4.60. The zero-order chi connectivity index (χ0) is 18.4. The average molecular weight is 339 g/mol. The first-order valence-corrected chi connectivity index (χ1v) is 8.90. The van der Waals surface area contributed by atoms with E-state index in [1.54, 1.807) is 0 Å². The Labute approximate surface area is 151 Å². The second-order valence-corrected chi connectivity index (χ2v) is 7.30. The highest BCUT2D eigenvalue weighted by atomic mass is 16.5. The smallest absolute Gasteiger partial charge is 0.261 e. The third-order valence-electron chi connectivity index (χ3n) is 4.37. The maximum atomic E-state index is 12.7. The summed E-state index contributed by atoms with van der Waals surface area (Å²) in [7, 11) is 0. The van der Waals surface area contributed by atoms with Crippen molar-refractivity contribution in [2.24, 2.45) is 0 Å². The lowest BCUT2D eigenvalue weighted by Gasteiger charge is -2.29.